The Morgan fingerprint density at radius 1 is 1.20 bits per heavy atom. The molecular formula is C17H13FO2. The van der Waals surface area contributed by atoms with E-state index in [4.69, 9.17) is 4.74 Å². The minimum absolute atomic E-state index is 0.0959. The molecule has 0 N–H and O–H groups in total. The van der Waals surface area contributed by atoms with E-state index in [0.29, 0.717) is 5.56 Å². The number of hydrogen-bond donors (Lipinski definition) is 0. The van der Waals surface area contributed by atoms with Crippen LogP contribution in [-0.4, -0.2) is 12.4 Å². The number of Topliss-reactive ketones (excluding diaryl/α,β-unsaturated/α-hetero) is 1. The number of rotatable bonds is 3. The molecule has 100 valence electrons. The Morgan fingerprint density at radius 2 is 1.95 bits per heavy atom. The number of hydrogen-bond acceptors (Lipinski definition) is 2. The zero-order chi connectivity index (χ0) is 14.4. The van der Waals surface area contributed by atoms with Gasteiger partial charge in [0.2, 0.25) is 0 Å². The molecule has 0 atom stereocenters. The van der Waals surface area contributed by atoms with E-state index >= 15 is 0 Å². The van der Waals surface area contributed by atoms with Crippen molar-refractivity contribution in [3.05, 3.63) is 65.5 Å². The first-order valence-corrected chi connectivity index (χ1v) is 6.14. The molecule has 3 heteroatoms. The van der Waals surface area contributed by atoms with Crippen LogP contribution in [-0.2, 0) is 0 Å². The van der Waals surface area contributed by atoms with E-state index in [1.807, 2.05) is 30.3 Å². The highest BCUT2D eigenvalue weighted by molar-refractivity contribution is 5.96. The van der Waals surface area contributed by atoms with Crippen molar-refractivity contribution in [3.8, 4) is 17.6 Å². The van der Waals surface area contributed by atoms with Crippen LogP contribution in [0.1, 0.15) is 22.8 Å². The van der Waals surface area contributed by atoms with E-state index in [0.717, 1.165) is 5.56 Å². The number of ketones is 1. The second-order valence-corrected chi connectivity index (χ2v) is 4.15. The number of carbonyl (C=O) groups is 1. The Labute approximate surface area is 117 Å². The topological polar surface area (TPSA) is 26.3 Å². The van der Waals surface area contributed by atoms with Crippen LogP contribution in [0.25, 0.3) is 0 Å². The van der Waals surface area contributed by atoms with Crippen LogP contribution in [0.3, 0.4) is 0 Å². The smallest absolute Gasteiger partial charge is 0.163 e. The average Bonchev–Trinajstić information content (AvgIpc) is 2.44. The lowest BCUT2D eigenvalue weighted by molar-refractivity contribution is 0.101. The van der Waals surface area contributed by atoms with E-state index in [9.17, 15) is 9.18 Å². The Hall–Kier alpha value is -2.60. The SMILES string of the molecule is CC(=O)c1ccc(F)cc1OCC#Cc1ccccc1. The maximum Gasteiger partial charge on any atom is 0.163 e. The Kier molecular flexibility index (Phi) is 4.52. The molecule has 0 spiro atoms. The molecule has 2 rings (SSSR count). The number of carbonyl (C=O) groups excluding carboxylic acids is 1. The van der Waals surface area contributed by atoms with Crippen molar-refractivity contribution >= 4 is 5.78 Å². The van der Waals surface area contributed by atoms with Crippen LogP contribution in [0.15, 0.2) is 48.5 Å². The van der Waals surface area contributed by atoms with Gasteiger partial charge in [0.25, 0.3) is 0 Å². The first kappa shape index (κ1) is 13.8. The van der Waals surface area contributed by atoms with Crippen molar-refractivity contribution < 1.29 is 13.9 Å². The van der Waals surface area contributed by atoms with Crippen molar-refractivity contribution in [3.63, 3.8) is 0 Å². The van der Waals surface area contributed by atoms with E-state index < -0.39 is 5.82 Å². The van der Waals surface area contributed by atoms with Crippen molar-refractivity contribution in [2.24, 2.45) is 0 Å². The number of halogens is 1. The first-order chi connectivity index (χ1) is 9.66. The summed E-state index contributed by atoms with van der Waals surface area (Å²) in [4.78, 5) is 11.4. The van der Waals surface area contributed by atoms with E-state index in [1.54, 1.807) is 0 Å². The zero-order valence-corrected chi connectivity index (χ0v) is 11.0. The molecule has 0 bridgehead atoms. The molecule has 0 unspecified atom stereocenters. The molecule has 0 saturated heterocycles. The number of ether oxygens (including phenoxy) is 1. The Bertz CT molecular complexity index is 666. The van der Waals surface area contributed by atoms with Gasteiger partial charge in [0, 0.05) is 11.6 Å². The van der Waals surface area contributed by atoms with Gasteiger partial charge >= 0.3 is 0 Å². The first-order valence-electron chi connectivity index (χ1n) is 6.14. The summed E-state index contributed by atoms with van der Waals surface area (Å²) in [5, 5.41) is 0. The van der Waals surface area contributed by atoms with Crippen molar-refractivity contribution in [1.82, 2.24) is 0 Å². The van der Waals surface area contributed by atoms with Gasteiger partial charge in [-0.25, -0.2) is 4.39 Å². The van der Waals surface area contributed by atoms with Gasteiger partial charge in [-0.05, 0) is 31.2 Å². The normalized spacial score (nSPS) is 9.50. The molecule has 0 heterocycles. The molecule has 20 heavy (non-hydrogen) atoms. The molecule has 0 aliphatic heterocycles. The highest BCUT2D eigenvalue weighted by atomic mass is 19.1. The minimum Gasteiger partial charge on any atom is -0.480 e. The maximum atomic E-state index is 13.2. The predicted octanol–water partition coefficient (Wildman–Crippen LogP) is 3.46. The largest absolute Gasteiger partial charge is 0.480 e. The third-order valence-electron chi connectivity index (χ3n) is 2.63. The second-order valence-electron chi connectivity index (χ2n) is 4.15. The van der Waals surface area contributed by atoms with Crippen LogP contribution in [0.4, 0.5) is 4.39 Å². The maximum absolute atomic E-state index is 13.2. The third-order valence-corrected chi connectivity index (χ3v) is 2.63. The van der Waals surface area contributed by atoms with E-state index in [-0.39, 0.29) is 18.1 Å². The molecule has 0 fully saturated rings. The van der Waals surface area contributed by atoms with Crippen molar-refractivity contribution in [1.29, 1.82) is 0 Å². The molecule has 0 aliphatic rings. The van der Waals surface area contributed by atoms with Gasteiger partial charge in [-0.1, -0.05) is 30.0 Å². The van der Waals surface area contributed by atoms with Gasteiger partial charge in [0.05, 0.1) is 5.56 Å². The van der Waals surface area contributed by atoms with Gasteiger partial charge in [-0.2, -0.15) is 0 Å². The molecule has 0 radical (unpaired) electrons. The standard InChI is InChI=1S/C17H13FO2/c1-13(19)16-10-9-15(18)12-17(16)20-11-5-8-14-6-3-2-4-7-14/h2-4,6-7,9-10,12H,11H2,1H3. The summed E-state index contributed by atoms with van der Waals surface area (Å²) in [6.07, 6.45) is 0. The Morgan fingerprint density at radius 3 is 2.65 bits per heavy atom. The summed E-state index contributed by atoms with van der Waals surface area (Å²) >= 11 is 0. The summed E-state index contributed by atoms with van der Waals surface area (Å²) in [5.41, 5.74) is 1.23. The third kappa shape index (κ3) is 3.69. The van der Waals surface area contributed by atoms with Gasteiger partial charge < -0.3 is 4.74 Å². The predicted molar refractivity (Wildman–Crippen MR) is 75.2 cm³/mol. The second kappa shape index (κ2) is 6.53. The molecular weight excluding hydrogens is 255 g/mol. The summed E-state index contributed by atoms with van der Waals surface area (Å²) in [6, 6.07) is 13.3. The molecule has 2 aromatic rings. The van der Waals surface area contributed by atoms with Crippen LogP contribution < -0.4 is 4.74 Å². The fourth-order valence-corrected chi connectivity index (χ4v) is 1.68. The highest BCUT2D eigenvalue weighted by Gasteiger charge is 2.09. The van der Waals surface area contributed by atoms with Crippen LogP contribution in [0.2, 0.25) is 0 Å². The van der Waals surface area contributed by atoms with Crippen LogP contribution in [0.5, 0.6) is 5.75 Å². The van der Waals surface area contributed by atoms with Gasteiger partial charge in [-0.15, -0.1) is 0 Å². The molecule has 0 aromatic heterocycles. The summed E-state index contributed by atoms with van der Waals surface area (Å²) < 4.78 is 18.5. The minimum atomic E-state index is -0.444. The molecule has 0 amide bonds. The van der Waals surface area contributed by atoms with Crippen LogP contribution in [0, 0.1) is 17.7 Å². The summed E-state index contributed by atoms with van der Waals surface area (Å²) in [7, 11) is 0. The highest BCUT2D eigenvalue weighted by Crippen LogP contribution is 2.20. The van der Waals surface area contributed by atoms with E-state index in [2.05, 4.69) is 11.8 Å². The number of benzene rings is 2. The molecule has 2 aromatic carbocycles. The summed E-state index contributed by atoms with van der Waals surface area (Å²) in [5.74, 6) is 5.36. The lowest BCUT2D eigenvalue weighted by atomic mass is 10.1. The fourth-order valence-electron chi connectivity index (χ4n) is 1.68. The molecule has 0 saturated carbocycles. The lowest BCUT2D eigenvalue weighted by Crippen LogP contribution is -2.02. The quantitative estimate of drug-likeness (QED) is 0.629. The van der Waals surface area contributed by atoms with Gasteiger partial charge in [-0.3, -0.25) is 4.79 Å². The van der Waals surface area contributed by atoms with E-state index in [1.165, 1.54) is 25.1 Å². The molecule has 0 aliphatic carbocycles. The summed E-state index contributed by atoms with van der Waals surface area (Å²) in [6.45, 7) is 1.51. The average molecular weight is 268 g/mol. The monoisotopic (exact) mass is 268 g/mol. The van der Waals surface area contributed by atoms with Crippen molar-refractivity contribution in [2.75, 3.05) is 6.61 Å². The zero-order valence-electron chi connectivity index (χ0n) is 11.0. The lowest BCUT2D eigenvalue weighted by Gasteiger charge is -2.06. The van der Waals surface area contributed by atoms with Gasteiger partial charge in [0.15, 0.2) is 5.78 Å². The van der Waals surface area contributed by atoms with Crippen molar-refractivity contribution in [2.45, 2.75) is 6.92 Å². The fraction of sp³-hybridized carbons (Fsp3) is 0.118. The van der Waals surface area contributed by atoms with Gasteiger partial charge in [0.1, 0.15) is 18.2 Å². The molecule has 2 nitrogen and oxygen atoms in total. The van der Waals surface area contributed by atoms with Crippen LogP contribution >= 0.6 is 0 Å². The Balaban J connectivity index is 2.06.